The fraction of sp³-hybridized carbons (Fsp3) is 0.643. The van der Waals surface area contributed by atoms with Gasteiger partial charge in [-0.1, -0.05) is 13.8 Å². The topological polar surface area (TPSA) is 37.9 Å². The number of nitrogens with one attached hydrogen (secondary N) is 1. The van der Waals surface area contributed by atoms with Crippen molar-refractivity contribution in [3.05, 3.63) is 24.2 Å². The molecule has 2 heterocycles. The van der Waals surface area contributed by atoms with Crippen LogP contribution in [0.2, 0.25) is 0 Å². The highest BCUT2D eigenvalue weighted by Crippen LogP contribution is 2.04. The van der Waals surface area contributed by atoms with Gasteiger partial charge in [0.15, 0.2) is 5.76 Å². The van der Waals surface area contributed by atoms with Crippen LogP contribution in [-0.4, -0.2) is 37.0 Å². The van der Waals surface area contributed by atoms with E-state index in [-0.39, 0.29) is 0 Å². The zero-order valence-corrected chi connectivity index (χ0v) is 11.3. The monoisotopic (exact) mass is 251 g/mol. The summed E-state index contributed by atoms with van der Waals surface area (Å²) in [6.45, 7) is 8.91. The van der Waals surface area contributed by atoms with Crippen LogP contribution >= 0.6 is 0 Å². The van der Waals surface area contributed by atoms with Gasteiger partial charge < -0.3 is 14.2 Å². The largest absolute Gasteiger partial charge is 0.463 e. The quantitative estimate of drug-likeness (QED) is 0.849. The molecule has 1 N–H and O–H groups in total. The number of rotatable bonds is 4. The molecule has 2 rings (SSSR count). The van der Waals surface area contributed by atoms with Gasteiger partial charge in [-0.25, -0.2) is 0 Å². The maximum atomic E-state index is 11.9. The van der Waals surface area contributed by atoms with Crippen LogP contribution in [0, 0.1) is 5.92 Å². The van der Waals surface area contributed by atoms with E-state index in [2.05, 4.69) is 13.8 Å². The van der Waals surface area contributed by atoms with Gasteiger partial charge in [0.2, 0.25) is 5.91 Å². The lowest BCUT2D eigenvalue weighted by atomic mass is 10.1. The van der Waals surface area contributed by atoms with E-state index in [1.165, 1.54) is 4.90 Å². The normalized spacial score (nSPS) is 17.4. The number of furan rings is 1. The molecular weight excluding hydrogens is 228 g/mol. The minimum Gasteiger partial charge on any atom is -0.463 e. The molecule has 4 nitrogen and oxygen atoms in total. The van der Waals surface area contributed by atoms with Crippen molar-refractivity contribution in [1.29, 1.82) is 0 Å². The van der Waals surface area contributed by atoms with Crippen LogP contribution in [0.15, 0.2) is 22.8 Å². The number of quaternary nitrogens is 1. The number of carbonyl (C=O) groups excluding carboxylic acids is 1. The molecule has 18 heavy (non-hydrogen) atoms. The second kappa shape index (κ2) is 6.05. The molecule has 0 bridgehead atoms. The Balaban J connectivity index is 1.76. The van der Waals surface area contributed by atoms with Gasteiger partial charge in [0, 0.05) is 6.42 Å². The van der Waals surface area contributed by atoms with Crippen LogP contribution in [0.4, 0.5) is 0 Å². The standard InChI is InChI=1S/C14H22N2O2/c1-12(2)10-14(17)16-7-5-15(6-8-16)11-13-4-3-9-18-13/h3-4,9,12H,5-8,10-11H2,1-2H3/p+1. The van der Waals surface area contributed by atoms with E-state index < -0.39 is 0 Å². The molecule has 1 aliphatic heterocycles. The van der Waals surface area contributed by atoms with Crippen LogP contribution in [0.5, 0.6) is 0 Å². The SMILES string of the molecule is CC(C)CC(=O)N1CC[NH+](Cc2ccco2)CC1. The van der Waals surface area contributed by atoms with Crippen molar-refractivity contribution in [3.63, 3.8) is 0 Å². The Morgan fingerprint density at radius 3 is 2.72 bits per heavy atom. The first-order chi connectivity index (χ1) is 8.65. The number of carbonyl (C=O) groups is 1. The summed E-state index contributed by atoms with van der Waals surface area (Å²) in [5, 5.41) is 0. The highest BCUT2D eigenvalue weighted by atomic mass is 16.3. The van der Waals surface area contributed by atoms with Crippen molar-refractivity contribution >= 4 is 5.91 Å². The van der Waals surface area contributed by atoms with Crippen molar-refractivity contribution in [1.82, 2.24) is 4.90 Å². The number of hydrogen-bond acceptors (Lipinski definition) is 2. The molecule has 0 saturated carbocycles. The lowest BCUT2D eigenvalue weighted by Crippen LogP contribution is -3.13. The molecule has 0 spiro atoms. The van der Waals surface area contributed by atoms with Crippen LogP contribution in [-0.2, 0) is 11.3 Å². The first-order valence-corrected chi connectivity index (χ1v) is 6.79. The zero-order valence-electron chi connectivity index (χ0n) is 11.3. The fourth-order valence-corrected chi connectivity index (χ4v) is 2.39. The van der Waals surface area contributed by atoms with E-state index in [0.29, 0.717) is 18.2 Å². The number of piperazine rings is 1. The predicted molar refractivity (Wildman–Crippen MR) is 69.1 cm³/mol. The average molecular weight is 251 g/mol. The Morgan fingerprint density at radius 2 is 2.17 bits per heavy atom. The van der Waals surface area contributed by atoms with Gasteiger partial charge >= 0.3 is 0 Å². The van der Waals surface area contributed by atoms with Crippen molar-refractivity contribution in [2.24, 2.45) is 5.92 Å². The fourth-order valence-electron chi connectivity index (χ4n) is 2.39. The third kappa shape index (κ3) is 3.60. The van der Waals surface area contributed by atoms with E-state index in [1.807, 2.05) is 17.0 Å². The second-order valence-electron chi connectivity index (χ2n) is 5.48. The summed E-state index contributed by atoms with van der Waals surface area (Å²) in [6.07, 6.45) is 2.39. The Labute approximate surface area is 109 Å². The van der Waals surface area contributed by atoms with E-state index in [0.717, 1.165) is 38.5 Å². The number of nitrogens with zero attached hydrogens (tertiary/aromatic N) is 1. The first kappa shape index (κ1) is 13.1. The molecule has 1 saturated heterocycles. The lowest BCUT2D eigenvalue weighted by molar-refractivity contribution is -0.918. The number of amides is 1. The lowest BCUT2D eigenvalue weighted by Gasteiger charge is -2.32. The van der Waals surface area contributed by atoms with Crippen LogP contribution < -0.4 is 4.90 Å². The highest BCUT2D eigenvalue weighted by molar-refractivity contribution is 5.76. The summed E-state index contributed by atoms with van der Waals surface area (Å²) in [6, 6.07) is 3.94. The van der Waals surface area contributed by atoms with E-state index in [1.54, 1.807) is 6.26 Å². The zero-order chi connectivity index (χ0) is 13.0. The Kier molecular flexibility index (Phi) is 4.42. The summed E-state index contributed by atoms with van der Waals surface area (Å²) < 4.78 is 5.36. The summed E-state index contributed by atoms with van der Waals surface area (Å²) >= 11 is 0. The molecule has 0 unspecified atom stereocenters. The summed E-state index contributed by atoms with van der Waals surface area (Å²) in [5.41, 5.74) is 0. The molecule has 1 aromatic heterocycles. The van der Waals surface area contributed by atoms with Crippen molar-refractivity contribution in [2.75, 3.05) is 26.2 Å². The van der Waals surface area contributed by atoms with Gasteiger partial charge in [0.25, 0.3) is 0 Å². The van der Waals surface area contributed by atoms with Crippen molar-refractivity contribution < 1.29 is 14.1 Å². The highest BCUT2D eigenvalue weighted by Gasteiger charge is 2.24. The minimum atomic E-state index is 0.307. The van der Waals surface area contributed by atoms with Crippen LogP contribution in [0.3, 0.4) is 0 Å². The molecule has 0 atom stereocenters. The van der Waals surface area contributed by atoms with E-state index in [4.69, 9.17) is 4.42 Å². The third-order valence-electron chi connectivity index (χ3n) is 3.41. The third-order valence-corrected chi connectivity index (χ3v) is 3.41. The molecule has 1 aromatic rings. The maximum Gasteiger partial charge on any atom is 0.223 e. The Hall–Kier alpha value is -1.29. The van der Waals surface area contributed by atoms with E-state index >= 15 is 0 Å². The van der Waals surface area contributed by atoms with Gasteiger partial charge in [-0.2, -0.15) is 0 Å². The molecule has 4 heteroatoms. The van der Waals surface area contributed by atoms with E-state index in [9.17, 15) is 4.79 Å². The first-order valence-electron chi connectivity index (χ1n) is 6.79. The summed E-state index contributed by atoms with van der Waals surface area (Å²) in [7, 11) is 0. The molecule has 1 aliphatic rings. The van der Waals surface area contributed by atoms with Gasteiger partial charge in [-0.15, -0.1) is 0 Å². The van der Waals surface area contributed by atoms with Gasteiger partial charge in [-0.3, -0.25) is 4.79 Å². The molecule has 1 amide bonds. The molecule has 1 fully saturated rings. The predicted octanol–water partition coefficient (Wildman–Crippen LogP) is 0.553. The minimum absolute atomic E-state index is 0.307. The summed E-state index contributed by atoms with van der Waals surface area (Å²) in [5.74, 6) is 1.79. The molecule has 0 radical (unpaired) electrons. The molecular formula is C14H23N2O2+. The molecule has 100 valence electrons. The van der Waals surface area contributed by atoms with Crippen molar-refractivity contribution in [2.45, 2.75) is 26.8 Å². The average Bonchev–Trinajstić information content (AvgIpc) is 2.82. The van der Waals surface area contributed by atoms with Crippen molar-refractivity contribution in [3.8, 4) is 0 Å². The maximum absolute atomic E-state index is 11.9. The van der Waals surface area contributed by atoms with Crippen LogP contribution in [0.1, 0.15) is 26.0 Å². The number of hydrogen-bond donors (Lipinski definition) is 1. The second-order valence-corrected chi connectivity index (χ2v) is 5.48. The van der Waals surface area contributed by atoms with Gasteiger partial charge in [0.1, 0.15) is 6.54 Å². The van der Waals surface area contributed by atoms with Gasteiger partial charge in [-0.05, 0) is 18.1 Å². The Morgan fingerprint density at radius 1 is 1.44 bits per heavy atom. The summed E-state index contributed by atoms with van der Waals surface area (Å²) in [4.78, 5) is 15.4. The molecule has 0 aromatic carbocycles. The van der Waals surface area contributed by atoms with Gasteiger partial charge in [0.05, 0.1) is 32.4 Å². The Bertz CT molecular complexity index is 365. The molecule has 0 aliphatic carbocycles. The van der Waals surface area contributed by atoms with Crippen LogP contribution in [0.25, 0.3) is 0 Å². The smallest absolute Gasteiger partial charge is 0.223 e.